The minimum absolute atomic E-state index is 0.141. The van der Waals surface area contributed by atoms with E-state index in [1.807, 2.05) is 38.1 Å². The van der Waals surface area contributed by atoms with Crippen LogP contribution in [0.4, 0.5) is 10.6 Å². The van der Waals surface area contributed by atoms with Crippen LogP contribution in [0.15, 0.2) is 28.8 Å². The number of nitrogens with zero attached hydrogens (tertiary/aromatic N) is 5. The first-order valence-electron chi connectivity index (χ1n) is 13.7. The molecule has 214 valence electrons. The summed E-state index contributed by atoms with van der Waals surface area (Å²) in [5.41, 5.74) is 4.39. The van der Waals surface area contributed by atoms with Crippen molar-refractivity contribution in [3.8, 4) is 28.4 Å². The number of ether oxygens (including phenoxy) is 2. The SMILES string of the molecule is CNCC(O)COc1cccc(-c2nc(-c3c(C)noc3C)c(C)c(N3CCC4(CC3)CN(C(=O)OC)C4)n2)c1. The summed E-state index contributed by atoms with van der Waals surface area (Å²) in [5.74, 6) is 2.81. The van der Waals surface area contributed by atoms with E-state index in [1.165, 1.54) is 7.11 Å². The minimum atomic E-state index is -0.611. The summed E-state index contributed by atoms with van der Waals surface area (Å²) in [6, 6.07) is 7.63. The summed E-state index contributed by atoms with van der Waals surface area (Å²) in [4.78, 5) is 26.1. The smallest absolute Gasteiger partial charge is 0.409 e. The Hall–Kier alpha value is -3.70. The van der Waals surface area contributed by atoms with Crippen LogP contribution in [0.5, 0.6) is 5.75 Å². The van der Waals surface area contributed by atoms with Crippen LogP contribution in [0.3, 0.4) is 0 Å². The third-order valence-corrected chi connectivity index (χ3v) is 7.97. The molecule has 5 rings (SSSR count). The Morgan fingerprint density at radius 2 is 1.95 bits per heavy atom. The lowest BCUT2D eigenvalue weighted by Gasteiger charge is -2.53. The first-order chi connectivity index (χ1) is 19.2. The molecule has 1 aromatic carbocycles. The molecule has 0 aliphatic carbocycles. The second kappa shape index (κ2) is 11.4. The van der Waals surface area contributed by atoms with Crippen molar-refractivity contribution in [2.75, 3.05) is 58.4 Å². The number of benzene rings is 1. The maximum absolute atomic E-state index is 11.9. The summed E-state index contributed by atoms with van der Waals surface area (Å²) >= 11 is 0. The third-order valence-electron chi connectivity index (χ3n) is 7.97. The Balaban J connectivity index is 1.45. The molecule has 1 amide bonds. The fourth-order valence-corrected chi connectivity index (χ4v) is 5.75. The summed E-state index contributed by atoms with van der Waals surface area (Å²) in [6.07, 6.45) is 1.08. The quantitative estimate of drug-likeness (QED) is 0.431. The Morgan fingerprint density at radius 1 is 1.20 bits per heavy atom. The molecule has 2 aliphatic rings. The van der Waals surface area contributed by atoms with Crippen molar-refractivity contribution in [3.63, 3.8) is 0 Å². The van der Waals surface area contributed by atoms with Gasteiger partial charge in [-0.05, 0) is 52.8 Å². The molecule has 0 radical (unpaired) electrons. The zero-order valence-electron chi connectivity index (χ0n) is 23.9. The Bertz CT molecular complexity index is 1340. The highest BCUT2D eigenvalue weighted by Crippen LogP contribution is 2.43. The molecule has 2 saturated heterocycles. The van der Waals surface area contributed by atoms with Crippen LogP contribution < -0.4 is 15.0 Å². The van der Waals surface area contributed by atoms with Gasteiger partial charge in [-0.3, -0.25) is 0 Å². The lowest BCUT2D eigenvalue weighted by Crippen LogP contribution is -2.62. The predicted molar refractivity (Wildman–Crippen MR) is 150 cm³/mol. The van der Waals surface area contributed by atoms with Gasteiger partial charge in [-0.1, -0.05) is 17.3 Å². The van der Waals surface area contributed by atoms with E-state index >= 15 is 0 Å². The van der Waals surface area contributed by atoms with E-state index in [9.17, 15) is 9.90 Å². The first-order valence-corrected chi connectivity index (χ1v) is 13.7. The second-order valence-electron chi connectivity index (χ2n) is 10.9. The van der Waals surface area contributed by atoms with E-state index in [-0.39, 0.29) is 18.1 Å². The minimum Gasteiger partial charge on any atom is -0.491 e. The number of likely N-dealkylation sites (tertiary alicyclic amines) is 1. The molecule has 2 fully saturated rings. The van der Waals surface area contributed by atoms with Crippen LogP contribution in [0.25, 0.3) is 22.6 Å². The average molecular weight is 551 g/mol. The Labute approximate surface area is 234 Å². The van der Waals surface area contributed by atoms with Crippen LogP contribution in [0.2, 0.25) is 0 Å². The van der Waals surface area contributed by atoms with Gasteiger partial charge in [-0.2, -0.15) is 0 Å². The van der Waals surface area contributed by atoms with E-state index in [2.05, 4.69) is 22.3 Å². The molecule has 3 aromatic rings. The van der Waals surface area contributed by atoms with Gasteiger partial charge in [0.1, 0.15) is 30.0 Å². The standard InChI is InChI=1S/C29H38N6O5/c1-18-25(24-19(2)33-40-20(24)3)31-26(21-7-6-8-23(13-21)39-15-22(36)14-30-4)32-27(18)34-11-9-29(10-12-34)16-35(17-29)28(37)38-5/h6-8,13,22,30,36H,9-12,14-17H2,1-5H3. The van der Waals surface area contributed by atoms with Gasteiger partial charge < -0.3 is 34.2 Å². The molecule has 11 heteroatoms. The summed E-state index contributed by atoms with van der Waals surface area (Å²) in [6.45, 7) is 9.64. The zero-order valence-corrected chi connectivity index (χ0v) is 23.9. The number of methoxy groups -OCH3 is 1. The molecule has 11 nitrogen and oxygen atoms in total. The number of aliphatic hydroxyl groups excluding tert-OH is 1. The topological polar surface area (TPSA) is 126 Å². The predicted octanol–water partition coefficient (Wildman–Crippen LogP) is 3.35. The highest BCUT2D eigenvalue weighted by molar-refractivity contribution is 5.75. The number of carbonyl (C=O) groups excluding carboxylic acids is 1. The number of nitrogens with one attached hydrogen (secondary N) is 1. The Morgan fingerprint density at radius 3 is 2.60 bits per heavy atom. The van der Waals surface area contributed by atoms with Gasteiger partial charge in [-0.25, -0.2) is 14.8 Å². The van der Waals surface area contributed by atoms with E-state index in [0.29, 0.717) is 23.9 Å². The number of anilines is 1. The molecule has 2 N–H and O–H groups in total. The van der Waals surface area contributed by atoms with Gasteiger partial charge >= 0.3 is 6.09 Å². The number of piperidine rings is 1. The average Bonchev–Trinajstić information content (AvgIpc) is 3.28. The molecule has 4 heterocycles. The van der Waals surface area contributed by atoms with Gasteiger partial charge in [0.25, 0.3) is 0 Å². The van der Waals surface area contributed by atoms with Crippen LogP contribution in [0.1, 0.15) is 29.9 Å². The van der Waals surface area contributed by atoms with Crippen molar-refractivity contribution in [2.24, 2.45) is 5.41 Å². The van der Waals surface area contributed by atoms with Gasteiger partial charge in [0.2, 0.25) is 0 Å². The molecule has 1 atom stereocenters. The third kappa shape index (κ3) is 5.48. The van der Waals surface area contributed by atoms with Gasteiger partial charge in [0.15, 0.2) is 5.82 Å². The molecule has 40 heavy (non-hydrogen) atoms. The maximum Gasteiger partial charge on any atom is 0.409 e. The zero-order chi connectivity index (χ0) is 28.4. The lowest BCUT2D eigenvalue weighted by molar-refractivity contribution is -0.0122. The molecule has 2 aliphatic heterocycles. The number of rotatable bonds is 8. The lowest BCUT2D eigenvalue weighted by atomic mass is 9.72. The molecule has 0 saturated carbocycles. The number of aromatic nitrogens is 3. The second-order valence-corrected chi connectivity index (χ2v) is 10.9. The fraction of sp³-hybridized carbons (Fsp3) is 0.517. The summed E-state index contributed by atoms with van der Waals surface area (Å²) in [7, 11) is 3.22. The number of amides is 1. The fourth-order valence-electron chi connectivity index (χ4n) is 5.75. The Kier molecular flexibility index (Phi) is 7.95. The van der Waals surface area contributed by atoms with E-state index in [1.54, 1.807) is 11.9 Å². The summed E-state index contributed by atoms with van der Waals surface area (Å²) in [5, 5.41) is 17.2. The van der Waals surface area contributed by atoms with E-state index in [4.69, 9.17) is 24.0 Å². The van der Waals surface area contributed by atoms with E-state index < -0.39 is 6.10 Å². The number of hydrogen-bond acceptors (Lipinski definition) is 10. The van der Waals surface area contributed by atoms with Crippen molar-refractivity contribution >= 4 is 11.9 Å². The molecular weight excluding hydrogens is 512 g/mol. The number of aliphatic hydroxyl groups is 1. The van der Waals surface area contributed by atoms with Crippen molar-refractivity contribution in [2.45, 2.75) is 39.7 Å². The molecule has 2 aromatic heterocycles. The number of hydrogen-bond donors (Lipinski definition) is 2. The number of likely N-dealkylation sites (N-methyl/N-ethyl adjacent to an activating group) is 1. The number of aryl methyl sites for hydroxylation is 2. The van der Waals surface area contributed by atoms with Crippen LogP contribution in [-0.4, -0.2) is 90.8 Å². The van der Waals surface area contributed by atoms with Crippen LogP contribution >= 0.6 is 0 Å². The van der Waals surface area contributed by atoms with Crippen molar-refractivity contribution in [1.29, 1.82) is 0 Å². The molecular formula is C29H38N6O5. The van der Waals surface area contributed by atoms with Crippen molar-refractivity contribution in [1.82, 2.24) is 25.3 Å². The summed E-state index contributed by atoms with van der Waals surface area (Å²) < 4.78 is 16.2. The number of carbonyl (C=O) groups is 1. The van der Waals surface area contributed by atoms with Gasteiger partial charge in [-0.15, -0.1) is 0 Å². The normalized spacial score (nSPS) is 17.1. The first kappa shape index (κ1) is 27.9. The maximum atomic E-state index is 11.9. The van der Waals surface area contributed by atoms with Gasteiger partial charge in [0.05, 0.1) is 24.1 Å². The van der Waals surface area contributed by atoms with E-state index in [0.717, 1.165) is 72.9 Å². The van der Waals surface area contributed by atoms with Gasteiger partial charge in [0, 0.05) is 49.3 Å². The molecule has 1 unspecified atom stereocenters. The highest BCUT2D eigenvalue weighted by Gasteiger charge is 2.47. The van der Waals surface area contributed by atoms with Crippen LogP contribution in [-0.2, 0) is 4.74 Å². The molecule has 0 bridgehead atoms. The monoisotopic (exact) mass is 550 g/mol. The largest absolute Gasteiger partial charge is 0.491 e. The highest BCUT2D eigenvalue weighted by atomic mass is 16.5. The molecule has 1 spiro atoms. The van der Waals surface area contributed by atoms with Crippen molar-refractivity contribution in [3.05, 3.63) is 41.3 Å². The van der Waals surface area contributed by atoms with Crippen LogP contribution in [0, 0.1) is 26.2 Å². The van der Waals surface area contributed by atoms with Crippen molar-refractivity contribution < 1.29 is 23.9 Å².